The molecule has 0 bridgehead atoms. The first-order chi connectivity index (χ1) is 9.98. The Hall–Kier alpha value is -2.00. The van der Waals surface area contributed by atoms with Crippen molar-refractivity contribution in [3.05, 3.63) is 28.3 Å². The van der Waals surface area contributed by atoms with Gasteiger partial charge in [0.15, 0.2) is 0 Å². The van der Waals surface area contributed by atoms with E-state index in [2.05, 4.69) is 15.3 Å². The van der Waals surface area contributed by atoms with Crippen LogP contribution < -0.4 is 5.32 Å². The third-order valence-corrected chi connectivity index (χ3v) is 5.63. The molecule has 2 heterocycles. The summed E-state index contributed by atoms with van der Waals surface area (Å²) in [5.74, 6) is 0. The summed E-state index contributed by atoms with van der Waals surface area (Å²) in [4.78, 5) is 17.0. The highest BCUT2D eigenvalue weighted by Gasteiger charge is 2.31. The van der Waals surface area contributed by atoms with Gasteiger partial charge in [-0.25, -0.2) is 13.4 Å². The SMILES string of the molecule is O=[N+]([O-])c1ccc2nc(S(=O)(=O)[C@@H]3CCCNC3)[nH]c2c1. The van der Waals surface area contributed by atoms with E-state index in [-0.39, 0.29) is 10.8 Å². The van der Waals surface area contributed by atoms with Crippen molar-refractivity contribution >= 4 is 26.6 Å². The van der Waals surface area contributed by atoms with Gasteiger partial charge in [-0.3, -0.25) is 10.1 Å². The van der Waals surface area contributed by atoms with Crippen LogP contribution in [0, 0.1) is 10.1 Å². The fraction of sp³-hybridized carbons (Fsp3) is 0.417. The second kappa shape index (κ2) is 5.08. The van der Waals surface area contributed by atoms with Gasteiger partial charge in [-0.2, -0.15) is 0 Å². The Morgan fingerprint density at radius 1 is 1.38 bits per heavy atom. The molecule has 1 aliphatic rings. The maximum absolute atomic E-state index is 12.5. The second-order valence-corrected chi connectivity index (χ2v) is 7.16. The lowest BCUT2D eigenvalue weighted by molar-refractivity contribution is -0.384. The van der Waals surface area contributed by atoms with Gasteiger partial charge in [0.25, 0.3) is 5.69 Å². The van der Waals surface area contributed by atoms with Crippen LogP contribution in [0.15, 0.2) is 23.4 Å². The van der Waals surface area contributed by atoms with Gasteiger partial charge in [0, 0.05) is 18.7 Å². The number of nitrogens with one attached hydrogen (secondary N) is 2. The number of fused-ring (bicyclic) bond motifs is 1. The number of H-pyrrole nitrogens is 1. The van der Waals surface area contributed by atoms with E-state index < -0.39 is 20.0 Å². The zero-order valence-electron chi connectivity index (χ0n) is 11.1. The highest BCUT2D eigenvalue weighted by atomic mass is 32.2. The third-order valence-electron chi connectivity index (χ3n) is 3.61. The fourth-order valence-corrected chi connectivity index (χ4v) is 4.07. The van der Waals surface area contributed by atoms with Gasteiger partial charge < -0.3 is 10.3 Å². The normalized spacial score (nSPS) is 19.7. The Balaban J connectivity index is 2.02. The first-order valence-electron chi connectivity index (χ1n) is 6.57. The largest absolute Gasteiger partial charge is 0.329 e. The van der Waals surface area contributed by atoms with Crippen LogP contribution in [-0.2, 0) is 9.84 Å². The molecular weight excluding hydrogens is 296 g/mol. The van der Waals surface area contributed by atoms with E-state index >= 15 is 0 Å². The molecule has 8 nitrogen and oxygen atoms in total. The highest BCUT2D eigenvalue weighted by molar-refractivity contribution is 7.91. The molecule has 2 aromatic rings. The number of imidazole rings is 1. The number of aromatic nitrogens is 2. The second-order valence-electron chi connectivity index (χ2n) is 5.01. The molecule has 1 fully saturated rings. The number of sulfone groups is 1. The number of rotatable bonds is 3. The Kier molecular flexibility index (Phi) is 3.38. The van der Waals surface area contributed by atoms with Crippen LogP contribution in [0.4, 0.5) is 5.69 Å². The first-order valence-corrected chi connectivity index (χ1v) is 8.12. The number of non-ortho nitro benzene ring substituents is 1. The molecule has 1 aromatic carbocycles. The Morgan fingerprint density at radius 2 is 2.19 bits per heavy atom. The van der Waals surface area contributed by atoms with Crippen molar-refractivity contribution in [2.24, 2.45) is 0 Å². The summed E-state index contributed by atoms with van der Waals surface area (Å²) in [7, 11) is -3.56. The molecule has 0 radical (unpaired) electrons. The zero-order chi connectivity index (χ0) is 15.0. The molecule has 1 atom stereocenters. The average molecular weight is 310 g/mol. The third kappa shape index (κ3) is 2.49. The van der Waals surface area contributed by atoms with Gasteiger partial charge in [-0.15, -0.1) is 0 Å². The van der Waals surface area contributed by atoms with Crippen LogP contribution in [0.3, 0.4) is 0 Å². The van der Waals surface area contributed by atoms with E-state index in [0.29, 0.717) is 24.0 Å². The van der Waals surface area contributed by atoms with Crippen molar-refractivity contribution in [2.45, 2.75) is 23.2 Å². The van der Waals surface area contributed by atoms with Crippen molar-refractivity contribution in [3.63, 3.8) is 0 Å². The number of hydrogen-bond acceptors (Lipinski definition) is 6. The van der Waals surface area contributed by atoms with Crippen molar-refractivity contribution < 1.29 is 13.3 Å². The lowest BCUT2D eigenvalue weighted by atomic mass is 10.2. The Bertz CT molecular complexity index is 793. The summed E-state index contributed by atoms with van der Waals surface area (Å²) in [6, 6.07) is 4.05. The molecule has 3 rings (SSSR count). The lowest BCUT2D eigenvalue weighted by Crippen LogP contribution is -2.39. The minimum Gasteiger partial charge on any atom is -0.329 e. The van der Waals surface area contributed by atoms with Crippen LogP contribution in [0.25, 0.3) is 11.0 Å². The first kappa shape index (κ1) is 14.0. The number of nitrogens with zero attached hydrogens (tertiary/aromatic N) is 2. The smallest absolute Gasteiger partial charge is 0.271 e. The van der Waals surface area contributed by atoms with Gasteiger partial charge in [-0.1, -0.05) is 0 Å². The minimum absolute atomic E-state index is 0.102. The molecule has 0 saturated carbocycles. The molecule has 0 aliphatic carbocycles. The van der Waals surface area contributed by atoms with Crippen LogP contribution in [-0.4, -0.2) is 41.6 Å². The van der Waals surface area contributed by atoms with Gasteiger partial charge in [-0.05, 0) is 25.5 Å². The Morgan fingerprint density at radius 3 is 2.86 bits per heavy atom. The molecule has 0 spiro atoms. The lowest BCUT2D eigenvalue weighted by Gasteiger charge is -2.21. The summed E-state index contributed by atoms with van der Waals surface area (Å²) in [5, 5.41) is 13.2. The van der Waals surface area contributed by atoms with Crippen molar-refractivity contribution in [3.8, 4) is 0 Å². The van der Waals surface area contributed by atoms with E-state index in [1.165, 1.54) is 18.2 Å². The molecule has 9 heteroatoms. The number of nitro benzene ring substituents is 1. The van der Waals surface area contributed by atoms with Crippen molar-refractivity contribution in [1.82, 2.24) is 15.3 Å². The average Bonchev–Trinajstić information content (AvgIpc) is 2.91. The van der Waals surface area contributed by atoms with Crippen LogP contribution in [0.5, 0.6) is 0 Å². The number of hydrogen-bond donors (Lipinski definition) is 2. The molecule has 0 unspecified atom stereocenters. The van der Waals surface area contributed by atoms with Gasteiger partial charge in [0.1, 0.15) is 0 Å². The van der Waals surface area contributed by atoms with Crippen molar-refractivity contribution in [2.75, 3.05) is 13.1 Å². The molecular formula is C12H14N4O4S. The van der Waals surface area contributed by atoms with Crippen LogP contribution in [0.2, 0.25) is 0 Å². The molecule has 2 N–H and O–H groups in total. The Labute approximate surface area is 120 Å². The molecule has 112 valence electrons. The molecule has 1 aliphatic heterocycles. The van der Waals surface area contributed by atoms with E-state index in [0.717, 1.165) is 13.0 Å². The van der Waals surface area contributed by atoms with Crippen LogP contribution in [0.1, 0.15) is 12.8 Å². The van der Waals surface area contributed by atoms with E-state index in [9.17, 15) is 18.5 Å². The number of aromatic amines is 1. The summed E-state index contributed by atoms with van der Waals surface area (Å²) >= 11 is 0. The number of benzene rings is 1. The molecule has 21 heavy (non-hydrogen) atoms. The van der Waals surface area contributed by atoms with Gasteiger partial charge >= 0.3 is 0 Å². The highest BCUT2D eigenvalue weighted by Crippen LogP contribution is 2.24. The molecule has 1 saturated heterocycles. The number of nitro groups is 1. The van der Waals surface area contributed by atoms with Gasteiger partial charge in [0.2, 0.25) is 15.0 Å². The maximum atomic E-state index is 12.5. The predicted octanol–water partition coefficient (Wildman–Crippen LogP) is 0.997. The monoisotopic (exact) mass is 310 g/mol. The standard InChI is InChI=1S/C12H14N4O4S/c17-16(18)8-3-4-10-11(6-8)15-12(14-10)21(19,20)9-2-1-5-13-7-9/h3-4,6,9,13H,1-2,5,7H2,(H,14,15)/t9-/m1/s1. The topological polar surface area (TPSA) is 118 Å². The summed E-state index contributed by atoms with van der Waals surface area (Å²) in [6.45, 7) is 1.22. The van der Waals surface area contributed by atoms with Crippen molar-refractivity contribution in [1.29, 1.82) is 0 Å². The molecule has 1 aromatic heterocycles. The van der Waals surface area contributed by atoms with Gasteiger partial charge in [0.05, 0.1) is 21.2 Å². The van der Waals surface area contributed by atoms with E-state index in [1.54, 1.807) is 0 Å². The maximum Gasteiger partial charge on any atom is 0.271 e. The number of piperidine rings is 1. The fourth-order valence-electron chi connectivity index (χ4n) is 2.47. The van der Waals surface area contributed by atoms with E-state index in [4.69, 9.17) is 0 Å². The summed E-state index contributed by atoms with van der Waals surface area (Å²) < 4.78 is 25.0. The van der Waals surface area contributed by atoms with E-state index in [1.807, 2.05) is 0 Å². The quantitative estimate of drug-likeness (QED) is 0.645. The zero-order valence-corrected chi connectivity index (χ0v) is 11.9. The predicted molar refractivity (Wildman–Crippen MR) is 75.8 cm³/mol. The van der Waals surface area contributed by atoms with Crippen LogP contribution >= 0.6 is 0 Å². The minimum atomic E-state index is -3.56. The molecule has 0 amide bonds. The summed E-state index contributed by atoms with van der Waals surface area (Å²) in [5.41, 5.74) is 0.656. The summed E-state index contributed by atoms with van der Waals surface area (Å²) in [6.07, 6.45) is 1.39.